The molecule has 2 aromatic rings. The van der Waals surface area contributed by atoms with Gasteiger partial charge in [-0.25, -0.2) is 0 Å². The molecular weight excluding hydrogens is 468 g/mol. The van der Waals surface area contributed by atoms with Crippen molar-refractivity contribution in [3.8, 4) is 0 Å². The van der Waals surface area contributed by atoms with Crippen molar-refractivity contribution < 1.29 is 13.9 Å². The topological polar surface area (TPSA) is 101 Å². The van der Waals surface area contributed by atoms with Gasteiger partial charge in [0.05, 0.1) is 30.5 Å². The Morgan fingerprint density at radius 2 is 1.95 bits per heavy atom. The average molecular weight is 511 g/mol. The maximum atomic E-state index is 6.22. The lowest BCUT2D eigenvalue weighted by molar-refractivity contribution is 0.0314. The van der Waals surface area contributed by atoms with Crippen LogP contribution in [0.4, 0.5) is 0 Å². The van der Waals surface area contributed by atoms with Gasteiger partial charge in [-0.2, -0.15) is 10.1 Å². The molecule has 37 heavy (non-hydrogen) atoms. The molecule has 202 valence electrons. The van der Waals surface area contributed by atoms with Crippen LogP contribution in [0.5, 0.6) is 0 Å². The first-order valence-electron chi connectivity index (χ1n) is 13.2. The summed E-state index contributed by atoms with van der Waals surface area (Å²) in [4.78, 5) is 9.21. The predicted octanol–water partition coefficient (Wildman–Crippen LogP) is 3.68. The number of allylic oxidation sites excluding steroid dienone is 2. The van der Waals surface area contributed by atoms with Gasteiger partial charge in [-0.05, 0) is 38.8 Å². The van der Waals surface area contributed by atoms with Gasteiger partial charge in [0.15, 0.2) is 0 Å². The number of rotatable bonds is 12. The molecule has 0 unspecified atom stereocenters. The van der Waals surface area contributed by atoms with Crippen LogP contribution in [-0.2, 0) is 9.47 Å². The summed E-state index contributed by atoms with van der Waals surface area (Å²) < 4.78 is 16.8. The maximum Gasteiger partial charge on any atom is 0.288 e. The molecule has 0 bridgehead atoms. The minimum absolute atomic E-state index is 0.162. The molecule has 1 aliphatic heterocycles. The first-order chi connectivity index (χ1) is 18.0. The number of nitrogens with zero attached hydrogens (tertiary/aromatic N) is 4. The second-order valence-corrected chi connectivity index (χ2v) is 9.02. The van der Waals surface area contributed by atoms with Gasteiger partial charge in [0.1, 0.15) is 18.0 Å². The number of morpholine rings is 1. The summed E-state index contributed by atoms with van der Waals surface area (Å²) >= 11 is 0. The highest BCUT2D eigenvalue weighted by molar-refractivity contribution is 5.76. The van der Waals surface area contributed by atoms with Crippen molar-refractivity contribution in [2.75, 3.05) is 52.5 Å². The van der Waals surface area contributed by atoms with Gasteiger partial charge in [-0.3, -0.25) is 10.3 Å². The number of aryl methyl sites for hydroxylation is 1. The fraction of sp³-hybridized carbons (Fsp3) is 0.500. The summed E-state index contributed by atoms with van der Waals surface area (Å²) in [5.74, 6) is 0.743. The van der Waals surface area contributed by atoms with Crippen molar-refractivity contribution in [2.24, 2.45) is 15.8 Å². The second kappa shape index (κ2) is 15.1. The molecule has 0 amide bonds. The normalized spacial score (nSPS) is 16.3. The van der Waals surface area contributed by atoms with Crippen molar-refractivity contribution >= 4 is 17.0 Å². The van der Waals surface area contributed by atoms with Gasteiger partial charge >= 0.3 is 0 Å². The van der Waals surface area contributed by atoms with E-state index in [1.165, 1.54) is 0 Å². The summed E-state index contributed by atoms with van der Waals surface area (Å²) in [6.07, 6.45) is 7.57. The Labute approximate surface area is 220 Å². The Balaban J connectivity index is 1.81. The van der Waals surface area contributed by atoms with Gasteiger partial charge in [0.2, 0.25) is 0 Å². The molecule has 9 nitrogen and oxygen atoms in total. The zero-order valence-corrected chi connectivity index (χ0v) is 22.7. The number of ether oxygens (including phenoxy) is 2. The van der Waals surface area contributed by atoms with Crippen LogP contribution in [0.1, 0.15) is 39.2 Å². The Kier molecular flexibility index (Phi) is 11.5. The predicted molar refractivity (Wildman–Crippen MR) is 148 cm³/mol. The second-order valence-electron chi connectivity index (χ2n) is 9.02. The van der Waals surface area contributed by atoms with Crippen molar-refractivity contribution in [3.63, 3.8) is 0 Å². The van der Waals surface area contributed by atoms with E-state index < -0.39 is 0 Å². The Morgan fingerprint density at radius 1 is 1.19 bits per heavy atom. The molecule has 1 aromatic heterocycles. The van der Waals surface area contributed by atoms with E-state index in [4.69, 9.17) is 19.6 Å². The van der Waals surface area contributed by atoms with Crippen molar-refractivity contribution in [2.45, 2.75) is 40.5 Å². The smallest absolute Gasteiger partial charge is 0.288 e. The maximum absolute atomic E-state index is 6.22. The third-order valence-corrected chi connectivity index (χ3v) is 6.03. The van der Waals surface area contributed by atoms with Gasteiger partial charge in [-0.1, -0.05) is 31.6 Å². The number of hydrogen-bond donors (Lipinski definition) is 2. The lowest BCUT2D eigenvalue weighted by atomic mass is 10.1. The number of nitrogens with two attached hydrogens (primary N) is 1. The van der Waals surface area contributed by atoms with Crippen molar-refractivity contribution in [1.82, 2.24) is 15.2 Å². The third kappa shape index (κ3) is 8.94. The molecule has 1 fully saturated rings. The molecule has 0 radical (unpaired) electrons. The number of hydrogen-bond acceptors (Lipinski definition) is 8. The quantitative estimate of drug-likeness (QED) is 0.194. The Bertz CT molecular complexity index is 1140. The number of amidine groups is 1. The van der Waals surface area contributed by atoms with E-state index in [0.717, 1.165) is 92.2 Å². The first-order valence-corrected chi connectivity index (χ1v) is 13.2. The summed E-state index contributed by atoms with van der Waals surface area (Å²) in [7, 11) is 0. The highest BCUT2D eigenvalue weighted by Crippen LogP contribution is 2.13. The summed E-state index contributed by atoms with van der Waals surface area (Å²) in [6, 6.07) is 8.07. The lowest BCUT2D eigenvalue weighted by Gasteiger charge is -2.26. The largest absolute Gasteiger partial charge is 0.464 e. The number of aliphatic imine (C=N–C) groups is 1. The van der Waals surface area contributed by atoms with Crippen LogP contribution in [0.2, 0.25) is 0 Å². The number of benzene rings is 1. The molecule has 3 N–H and O–H groups in total. The molecule has 1 aromatic carbocycles. The van der Waals surface area contributed by atoms with E-state index in [9.17, 15) is 0 Å². The van der Waals surface area contributed by atoms with E-state index >= 15 is 0 Å². The minimum atomic E-state index is 0.162. The Hall–Kier alpha value is -3.30. The zero-order chi connectivity index (χ0) is 26.5. The highest BCUT2D eigenvalue weighted by Gasteiger charge is 2.12. The molecule has 0 atom stereocenters. The highest BCUT2D eigenvalue weighted by atomic mass is 16.5. The zero-order valence-electron chi connectivity index (χ0n) is 22.7. The molecular formula is C28H42N6O3. The van der Waals surface area contributed by atoms with E-state index in [0.29, 0.717) is 6.61 Å². The van der Waals surface area contributed by atoms with Crippen LogP contribution in [0, 0.1) is 6.92 Å². The summed E-state index contributed by atoms with van der Waals surface area (Å²) in [6.45, 7) is 14.7. The molecule has 1 saturated heterocycles. The van der Waals surface area contributed by atoms with Gasteiger partial charge in [0.25, 0.3) is 6.02 Å². The first kappa shape index (κ1) is 28.3. The van der Waals surface area contributed by atoms with E-state index in [1.807, 2.05) is 37.3 Å². The lowest BCUT2D eigenvalue weighted by Crippen LogP contribution is -2.39. The molecule has 0 spiro atoms. The molecule has 0 saturated carbocycles. The van der Waals surface area contributed by atoms with Crippen LogP contribution in [-0.4, -0.2) is 68.4 Å². The average Bonchev–Trinajstić information content (AvgIpc) is 2.91. The van der Waals surface area contributed by atoms with E-state index in [2.05, 4.69) is 52.2 Å². The van der Waals surface area contributed by atoms with Gasteiger partial charge in [0, 0.05) is 50.3 Å². The fourth-order valence-electron chi connectivity index (χ4n) is 4.07. The molecule has 3 rings (SSSR count). The van der Waals surface area contributed by atoms with Crippen LogP contribution < -0.4 is 16.5 Å². The van der Waals surface area contributed by atoms with E-state index in [1.54, 1.807) is 6.26 Å². The van der Waals surface area contributed by atoms with Crippen LogP contribution >= 0.6 is 0 Å². The molecule has 2 heterocycles. The molecule has 9 heteroatoms. The van der Waals surface area contributed by atoms with Crippen LogP contribution in [0.25, 0.3) is 11.0 Å². The fourth-order valence-corrected chi connectivity index (χ4v) is 4.07. The summed E-state index contributed by atoms with van der Waals surface area (Å²) in [5.41, 5.74) is 12.2. The monoisotopic (exact) mass is 510 g/mol. The number of nitrogens with one attached hydrogen (secondary N) is 1. The van der Waals surface area contributed by atoms with Crippen LogP contribution in [0.3, 0.4) is 0 Å². The minimum Gasteiger partial charge on any atom is -0.464 e. The Morgan fingerprint density at radius 3 is 2.65 bits per heavy atom. The van der Waals surface area contributed by atoms with Crippen molar-refractivity contribution in [3.05, 3.63) is 65.1 Å². The summed E-state index contributed by atoms with van der Waals surface area (Å²) in [5, 5.41) is 6.41. The SMILES string of the molecule is C\C=C(/C=C(\N=C(/N)OCCN1CCOCC1)N(CCC)CCC)N/N=c1\ccoc2ccc(C)cc12. The van der Waals surface area contributed by atoms with Crippen LogP contribution in [0.15, 0.2) is 68.7 Å². The third-order valence-electron chi connectivity index (χ3n) is 6.03. The van der Waals surface area contributed by atoms with Crippen molar-refractivity contribution in [1.29, 1.82) is 0 Å². The molecule has 0 aliphatic carbocycles. The number of fused-ring (bicyclic) bond motifs is 1. The molecule has 1 aliphatic rings. The van der Waals surface area contributed by atoms with Gasteiger partial charge < -0.3 is 24.5 Å². The van der Waals surface area contributed by atoms with E-state index in [-0.39, 0.29) is 6.02 Å². The van der Waals surface area contributed by atoms with Gasteiger partial charge in [-0.15, -0.1) is 0 Å². The standard InChI is InChI=1S/C28H42N6O3/c1-5-11-34(12-6-2)27(30-28(29)37-19-15-33-13-17-35-18-14-33)21-23(7-3)31-32-25-10-16-36-26-9-8-22(4)20-24(25)26/h7-10,16,20-21,31H,5-6,11-15,17-19H2,1-4H3,(H2,29,30)/b23-7+,27-21+,32-25+.